The second-order valence-electron chi connectivity index (χ2n) is 10.0. The van der Waals surface area contributed by atoms with E-state index in [1.807, 2.05) is 12.1 Å². The smallest absolute Gasteiger partial charge is 0.317 e. The van der Waals surface area contributed by atoms with Crippen molar-refractivity contribution in [2.24, 2.45) is 16.7 Å². The lowest BCUT2D eigenvalue weighted by molar-refractivity contribution is -0.153. The predicted molar refractivity (Wildman–Crippen MR) is 122 cm³/mol. The van der Waals surface area contributed by atoms with E-state index in [-0.39, 0.29) is 17.3 Å². The molecule has 0 aliphatic heterocycles. The number of unbranched alkanes of at least 4 members (excludes halogenated alkanes) is 2. The van der Waals surface area contributed by atoms with Gasteiger partial charge in [0.2, 0.25) is 5.91 Å². The van der Waals surface area contributed by atoms with Gasteiger partial charge in [-0.3, -0.25) is 9.59 Å². The number of amides is 1. The van der Waals surface area contributed by atoms with E-state index >= 15 is 0 Å². The zero-order valence-electron chi connectivity index (χ0n) is 19.5. The van der Waals surface area contributed by atoms with Gasteiger partial charge in [0.1, 0.15) is 0 Å². The van der Waals surface area contributed by atoms with Crippen molar-refractivity contribution in [2.45, 2.75) is 78.7 Å². The number of nitrogens with one attached hydrogen (secondary N) is 1. The lowest BCUT2D eigenvalue weighted by Crippen LogP contribution is -2.43. The van der Waals surface area contributed by atoms with E-state index in [0.717, 1.165) is 50.5 Å². The van der Waals surface area contributed by atoms with E-state index in [1.54, 1.807) is 13.2 Å². The molecule has 1 aromatic rings. The molecule has 31 heavy (non-hydrogen) atoms. The third-order valence-corrected chi connectivity index (χ3v) is 6.64. The highest BCUT2D eigenvalue weighted by Gasteiger charge is 2.63. The van der Waals surface area contributed by atoms with Crippen molar-refractivity contribution in [1.29, 1.82) is 0 Å². The van der Waals surface area contributed by atoms with Crippen LogP contribution in [0.1, 0.15) is 77.7 Å². The first-order valence-corrected chi connectivity index (χ1v) is 11.6. The molecule has 5 heteroatoms. The molecule has 170 valence electrons. The molecule has 2 bridgehead atoms. The van der Waals surface area contributed by atoms with E-state index in [2.05, 4.69) is 38.2 Å². The van der Waals surface area contributed by atoms with Crippen molar-refractivity contribution in [2.75, 3.05) is 7.11 Å². The maximum absolute atomic E-state index is 12.7. The average Bonchev–Trinajstić information content (AvgIpc) is 3.24. The zero-order valence-corrected chi connectivity index (χ0v) is 19.5. The van der Waals surface area contributed by atoms with Crippen LogP contribution in [-0.4, -0.2) is 19.0 Å². The highest BCUT2D eigenvalue weighted by molar-refractivity contribution is 5.82. The number of fused-ring (bicyclic) bond motifs is 1. The van der Waals surface area contributed by atoms with Crippen LogP contribution in [-0.2, 0) is 16.1 Å². The molecule has 0 aromatic heterocycles. The SMILES string of the molecule is COc1cc(CNC(=O)CCCC/C=C/C(C)C)ccc1OC(=O)C12CCC(C)(C1)C2. The molecule has 1 aromatic carbocycles. The first-order valence-electron chi connectivity index (χ1n) is 11.6. The largest absolute Gasteiger partial charge is 0.493 e. The molecule has 0 saturated heterocycles. The fourth-order valence-corrected chi connectivity index (χ4v) is 5.04. The summed E-state index contributed by atoms with van der Waals surface area (Å²) in [5, 5.41) is 2.96. The van der Waals surface area contributed by atoms with Crippen LogP contribution in [0.4, 0.5) is 0 Å². The number of carbonyl (C=O) groups excluding carboxylic acids is 2. The van der Waals surface area contributed by atoms with Crippen molar-refractivity contribution < 1.29 is 19.1 Å². The van der Waals surface area contributed by atoms with Crippen molar-refractivity contribution in [3.8, 4) is 11.5 Å². The number of benzene rings is 1. The van der Waals surface area contributed by atoms with Gasteiger partial charge in [-0.1, -0.05) is 39.0 Å². The van der Waals surface area contributed by atoms with Crippen LogP contribution in [0.25, 0.3) is 0 Å². The number of carbonyl (C=O) groups is 2. The van der Waals surface area contributed by atoms with Gasteiger partial charge in [0.15, 0.2) is 11.5 Å². The lowest BCUT2D eigenvalue weighted by Gasteiger charge is -2.43. The molecule has 0 heterocycles. The second-order valence-corrected chi connectivity index (χ2v) is 10.0. The number of methoxy groups -OCH3 is 1. The molecule has 1 amide bonds. The number of esters is 1. The number of rotatable bonds is 11. The molecule has 5 nitrogen and oxygen atoms in total. The van der Waals surface area contributed by atoms with Gasteiger partial charge in [-0.05, 0) is 74.0 Å². The number of hydrogen-bond acceptors (Lipinski definition) is 4. The van der Waals surface area contributed by atoms with E-state index in [9.17, 15) is 9.59 Å². The van der Waals surface area contributed by atoms with Crippen LogP contribution < -0.4 is 14.8 Å². The summed E-state index contributed by atoms with van der Waals surface area (Å²) in [7, 11) is 1.57. The predicted octanol–water partition coefficient (Wildman–Crippen LogP) is 5.57. The molecule has 1 N–H and O–H groups in total. The first-order chi connectivity index (χ1) is 14.8. The van der Waals surface area contributed by atoms with Crippen molar-refractivity contribution >= 4 is 11.9 Å². The number of allylic oxidation sites excluding steroid dienone is 2. The number of hydrogen-bond donors (Lipinski definition) is 1. The van der Waals surface area contributed by atoms with Gasteiger partial charge in [0, 0.05) is 13.0 Å². The maximum atomic E-state index is 12.7. The monoisotopic (exact) mass is 427 g/mol. The van der Waals surface area contributed by atoms with Gasteiger partial charge in [-0.15, -0.1) is 0 Å². The molecule has 0 unspecified atom stereocenters. The van der Waals surface area contributed by atoms with Crippen LogP contribution >= 0.6 is 0 Å². The summed E-state index contributed by atoms with van der Waals surface area (Å²) in [6.07, 6.45) is 11.7. The van der Waals surface area contributed by atoms with Gasteiger partial charge in [-0.25, -0.2) is 0 Å². The van der Waals surface area contributed by atoms with E-state index in [4.69, 9.17) is 9.47 Å². The Morgan fingerprint density at radius 2 is 1.94 bits per heavy atom. The molecule has 3 aliphatic rings. The van der Waals surface area contributed by atoms with Crippen LogP contribution in [0.3, 0.4) is 0 Å². The Labute approximate surface area is 186 Å². The lowest BCUT2D eigenvalue weighted by atomic mass is 9.61. The molecule has 0 atom stereocenters. The van der Waals surface area contributed by atoms with Gasteiger partial charge >= 0.3 is 5.97 Å². The Kier molecular flexibility index (Phi) is 7.45. The maximum Gasteiger partial charge on any atom is 0.317 e. The molecule has 3 aliphatic carbocycles. The highest BCUT2D eigenvalue weighted by Crippen LogP contribution is 2.67. The Balaban J connectivity index is 1.44. The molecular formula is C26H37NO4. The van der Waals surface area contributed by atoms with Gasteiger partial charge < -0.3 is 14.8 Å². The Morgan fingerprint density at radius 3 is 2.58 bits per heavy atom. The van der Waals surface area contributed by atoms with Crippen LogP contribution in [0.2, 0.25) is 0 Å². The standard InChI is InChI=1S/C26H37NO4/c1-19(2)9-7-5-6-8-10-23(28)27-16-20-11-12-21(22(15-20)30-4)31-24(29)26-14-13-25(3,17-26)18-26/h7,9,11-12,15,19H,5-6,8,10,13-14,16-18H2,1-4H3,(H,27,28)/b9-7+. The fourth-order valence-electron chi connectivity index (χ4n) is 5.04. The minimum atomic E-state index is -0.295. The molecule has 0 radical (unpaired) electrons. The van der Waals surface area contributed by atoms with Gasteiger partial charge in [-0.2, -0.15) is 0 Å². The first kappa shape index (κ1) is 23.4. The summed E-state index contributed by atoms with van der Waals surface area (Å²) in [5.74, 6) is 1.47. The van der Waals surface area contributed by atoms with E-state index in [0.29, 0.717) is 35.8 Å². The zero-order chi connectivity index (χ0) is 22.5. The van der Waals surface area contributed by atoms with Crippen LogP contribution in [0, 0.1) is 16.7 Å². The summed E-state index contributed by atoms with van der Waals surface area (Å²) in [6, 6.07) is 5.47. The quantitative estimate of drug-likeness (QED) is 0.217. The molecule has 0 spiro atoms. The van der Waals surface area contributed by atoms with Gasteiger partial charge in [0.25, 0.3) is 0 Å². The van der Waals surface area contributed by atoms with Crippen LogP contribution in [0.15, 0.2) is 30.4 Å². The third-order valence-electron chi connectivity index (χ3n) is 6.64. The highest BCUT2D eigenvalue weighted by atomic mass is 16.6. The van der Waals surface area contributed by atoms with Crippen molar-refractivity contribution in [1.82, 2.24) is 5.32 Å². The van der Waals surface area contributed by atoms with Crippen molar-refractivity contribution in [3.05, 3.63) is 35.9 Å². The van der Waals surface area contributed by atoms with Crippen molar-refractivity contribution in [3.63, 3.8) is 0 Å². The summed E-state index contributed by atoms with van der Waals surface area (Å²) >= 11 is 0. The summed E-state index contributed by atoms with van der Waals surface area (Å²) in [6.45, 7) is 7.00. The van der Waals surface area contributed by atoms with Gasteiger partial charge in [0.05, 0.1) is 12.5 Å². The molecule has 3 saturated carbocycles. The fraction of sp³-hybridized carbons (Fsp3) is 0.615. The minimum Gasteiger partial charge on any atom is -0.493 e. The topological polar surface area (TPSA) is 64.6 Å². The molecule has 3 fully saturated rings. The normalized spacial score (nSPS) is 24.3. The average molecular weight is 428 g/mol. The van der Waals surface area contributed by atoms with E-state index in [1.165, 1.54) is 0 Å². The second kappa shape index (κ2) is 9.88. The summed E-state index contributed by atoms with van der Waals surface area (Å²) < 4.78 is 11.2. The minimum absolute atomic E-state index is 0.0516. The van der Waals surface area contributed by atoms with E-state index < -0.39 is 0 Å². The van der Waals surface area contributed by atoms with Crippen LogP contribution in [0.5, 0.6) is 11.5 Å². The Bertz CT molecular complexity index is 821. The third kappa shape index (κ3) is 5.90. The number of ether oxygens (including phenoxy) is 2. The Hall–Kier alpha value is -2.30. The summed E-state index contributed by atoms with van der Waals surface area (Å²) in [4.78, 5) is 24.9. The summed E-state index contributed by atoms with van der Waals surface area (Å²) in [5.41, 5.74) is 0.951. The Morgan fingerprint density at radius 1 is 1.16 bits per heavy atom. The molecular weight excluding hydrogens is 390 g/mol. The molecule has 4 rings (SSSR count).